The summed E-state index contributed by atoms with van der Waals surface area (Å²) < 4.78 is 0. The van der Waals surface area contributed by atoms with Crippen molar-refractivity contribution in [3.8, 4) is 0 Å². The molecule has 4 heteroatoms. The molecule has 2 aromatic rings. The summed E-state index contributed by atoms with van der Waals surface area (Å²) in [6, 6.07) is 19.1. The highest BCUT2D eigenvalue weighted by Crippen LogP contribution is 2.13. The van der Waals surface area contributed by atoms with Crippen molar-refractivity contribution < 1.29 is 9.59 Å². The quantitative estimate of drug-likeness (QED) is 0.834. The van der Waals surface area contributed by atoms with Crippen molar-refractivity contribution in [3.63, 3.8) is 0 Å². The third kappa shape index (κ3) is 3.77. The Labute approximate surface area is 136 Å². The highest BCUT2D eigenvalue weighted by atomic mass is 16.2. The van der Waals surface area contributed by atoms with E-state index in [9.17, 15) is 9.59 Å². The molecule has 2 aromatic carbocycles. The van der Waals surface area contributed by atoms with Crippen LogP contribution in [0.15, 0.2) is 60.7 Å². The average Bonchev–Trinajstić information content (AvgIpc) is 2.84. The Morgan fingerprint density at radius 1 is 0.870 bits per heavy atom. The van der Waals surface area contributed by atoms with E-state index in [0.29, 0.717) is 13.0 Å². The average molecular weight is 308 g/mol. The van der Waals surface area contributed by atoms with Crippen molar-refractivity contribution >= 4 is 11.9 Å². The smallest absolute Gasteiger partial charge is 0.324 e. The second-order valence-electron chi connectivity index (χ2n) is 5.77. The minimum Gasteiger partial charge on any atom is -0.325 e. The minimum absolute atomic E-state index is 0.119. The fraction of sp³-hybridized carbons (Fsp3) is 0.263. The summed E-state index contributed by atoms with van der Waals surface area (Å²) in [5.41, 5.74) is 2.28. The van der Waals surface area contributed by atoms with Gasteiger partial charge in [-0.15, -0.1) is 0 Å². The number of nitrogens with zero attached hydrogens (tertiary/aromatic N) is 1. The topological polar surface area (TPSA) is 49.4 Å². The zero-order chi connectivity index (χ0) is 16.1. The van der Waals surface area contributed by atoms with Gasteiger partial charge in [-0.25, -0.2) is 4.79 Å². The molecule has 118 valence electrons. The second-order valence-corrected chi connectivity index (χ2v) is 5.77. The monoisotopic (exact) mass is 308 g/mol. The van der Waals surface area contributed by atoms with Crippen LogP contribution in [0.5, 0.6) is 0 Å². The first-order valence-corrected chi connectivity index (χ1v) is 7.94. The van der Waals surface area contributed by atoms with Gasteiger partial charge in [0.15, 0.2) is 0 Å². The Morgan fingerprint density at radius 2 is 1.48 bits per heavy atom. The van der Waals surface area contributed by atoms with Gasteiger partial charge in [0.25, 0.3) is 5.91 Å². The molecule has 1 saturated heterocycles. The molecule has 3 amide bonds. The Kier molecular flexibility index (Phi) is 4.71. The summed E-state index contributed by atoms with van der Waals surface area (Å²) >= 11 is 0. The van der Waals surface area contributed by atoms with Gasteiger partial charge >= 0.3 is 6.03 Å². The van der Waals surface area contributed by atoms with Crippen LogP contribution in [0.2, 0.25) is 0 Å². The molecule has 3 rings (SSSR count). The predicted octanol–water partition coefficient (Wildman–Crippen LogP) is 2.78. The maximum Gasteiger partial charge on any atom is 0.324 e. The molecule has 0 saturated carbocycles. The molecular weight excluding hydrogens is 288 g/mol. The number of imide groups is 1. The molecule has 0 aromatic heterocycles. The number of carbonyl (C=O) groups excluding carboxylic acids is 2. The van der Waals surface area contributed by atoms with Crippen molar-refractivity contribution in [1.29, 1.82) is 0 Å². The molecule has 4 nitrogen and oxygen atoms in total. The molecule has 1 unspecified atom stereocenters. The lowest BCUT2D eigenvalue weighted by Crippen LogP contribution is -2.33. The number of hydrogen-bond acceptors (Lipinski definition) is 2. The van der Waals surface area contributed by atoms with Gasteiger partial charge in [0.05, 0.1) is 0 Å². The summed E-state index contributed by atoms with van der Waals surface area (Å²) in [5, 5.41) is 2.79. The summed E-state index contributed by atoms with van der Waals surface area (Å²) in [7, 11) is 0. The standard InChI is InChI=1S/C19H20N2O2/c22-18-17(14-16-10-5-2-6-11-16)20-19(23)21(18)13-7-12-15-8-3-1-4-9-15/h1-6,8-11,17H,7,12-14H2,(H,20,23). The zero-order valence-electron chi connectivity index (χ0n) is 12.9. The number of urea groups is 1. The SMILES string of the molecule is O=C1NC(Cc2ccccc2)C(=O)N1CCCc1ccccc1. The molecule has 23 heavy (non-hydrogen) atoms. The number of rotatable bonds is 6. The van der Waals surface area contributed by atoms with Gasteiger partial charge in [-0.3, -0.25) is 9.69 Å². The molecule has 1 atom stereocenters. The number of amides is 3. The van der Waals surface area contributed by atoms with Crippen molar-refractivity contribution in [1.82, 2.24) is 10.2 Å². The molecule has 1 aliphatic heterocycles. The molecule has 0 radical (unpaired) electrons. The Morgan fingerprint density at radius 3 is 2.13 bits per heavy atom. The normalized spacial score (nSPS) is 17.4. The van der Waals surface area contributed by atoms with E-state index >= 15 is 0 Å². The highest BCUT2D eigenvalue weighted by Gasteiger charge is 2.37. The molecule has 0 bridgehead atoms. The first kappa shape index (κ1) is 15.3. The van der Waals surface area contributed by atoms with Crippen LogP contribution in [0.1, 0.15) is 17.5 Å². The largest absolute Gasteiger partial charge is 0.325 e. The molecule has 1 fully saturated rings. The van der Waals surface area contributed by atoms with Gasteiger partial charge in [0, 0.05) is 13.0 Å². The number of carbonyl (C=O) groups is 2. The van der Waals surface area contributed by atoms with Crippen LogP contribution < -0.4 is 5.32 Å². The lowest BCUT2D eigenvalue weighted by Gasteiger charge is -2.13. The number of aryl methyl sites for hydroxylation is 1. The molecule has 0 spiro atoms. The van der Waals surface area contributed by atoms with Crippen LogP contribution in [0.3, 0.4) is 0 Å². The van der Waals surface area contributed by atoms with Gasteiger partial charge in [-0.2, -0.15) is 0 Å². The first-order chi connectivity index (χ1) is 11.2. The summed E-state index contributed by atoms with van der Waals surface area (Å²) in [6.07, 6.45) is 2.18. The van der Waals surface area contributed by atoms with Crippen LogP contribution in [-0.4, -0.2) is 29.4 Å². The second kappa shape index (κ2) is 7.09. The van der Waals surface area contributed by atoms with E-state index in [1.54, 1.807) is 0 Å². The van der Waals surface area contributed by atoms with Crippen molar-refractivity contribution in [2.75, 3.05) is 6.54 Å². The van der Waals surface area contributed by atoms with Crippen molar-refractivity contribution in [2.45, 2.75) is 25.3 Å². The fourth-order valence-corrected chi connectivity index (χ4v) is 2.86. The van der Waals surface area contributed by atoms with Gasteiger partial charge in [-0.05, 0) is 24.0 Å². The third-order valence-corrected chi connectivity index (χ3v) is 4.08. The summed E-state index contributed by atoms with van der Waals surface area (Å²) in [6.45, 7) is 0.463. The number of benzene rings is 2. The van der Waals surface area contributed by atoms with E-state index in [1.165, 1.54) is 10.5 Å². The minimum atomic E-state index is -0.443. The Hall–Kier alpha value is -2.62. The van der Waals surface area contributed by atoms with E-state index < -0.39 is 6.04 Å². The molecule has 1 heterocycles. The van der Waals surface area contributed by atoms with Crippen LogP contribution in [0, 0.1) is 0 Å². The fourth-order valence-electron chi connectivity index (χ4n) is 2.86. The predicted molar refractivity (Wildman–Crippen MR) is 88.9 cm³/mol. The van der Waals surface area contributed by atoms with Crippen LogP contribution >= 0.6 is 0 Å². The molecule has 1 N–H and O–H groups in total. The lowest BCUT2D eigenvalue weighted by atomic mass is 10.1. The Bertz CT molecular complexity index is 670. The van der Waals surface area contributed by atoms with E-state index in [1.807, 2.05) is 48.5 Å². The van der Waals surface area contributed by atoms with Gasteiger partial charge < -0.3 is 5.32 Å². The van der Waals surface area contributed by atoms with Crippen LogP contribution in [0.4, 0.5) is 4.79 Å². The van der Waals surface area contributed by atoms with Gasteiger partial charge in [0.2, 0.25) is 0 Å². The third-order valence-electron chi connectivity index (χ3n) is 4.08. The lowest BCUT2D eigenvalue weighted by molar-refractivity contribution is -0.127. The van der Waals surface area contributed by atoms with Crippen LogP contribution in [-0.2, 0) is 17.6 Å². The van der Waals surface area contributed by atoms with E-state index in [-0.39, 0.29) is 11.9 Å². The molecular formula is C19H20N2O2. The van der Waals surface area contributed by atoms with Crippen molar-refractivity contribution in [3.05, 3.63) is 71.8 Å². The highest BCUT2D eigenvalue weighted by molar-refractivity contribution is 6.04. The maximum absolute atomic E-state index is 12.4. The number of hydrogen-bond donors (Lipinski definition) is 1. The summed E-state index contributed by atoms with van der Waals surface area (Å²) in [4.78, 5) is 25.8. The van der Waals surface area contributed by atoms with Crippen LogP contribution in [0.25, 0.3) is 0 Å². The zero-order valence-corrected chi connectivity index (χ0v) is 12.9. The maximum atomic E-state index is 12.4. The number of nitrogens with one attached hydrogen (secondary N) is 1. The molecule has 1 aliphatic rings. The first-order valence-electron chi connectivity index (χ1n) is 7.94. The van der Waals surface area contributed by atoms with Gasteiger partial charge in [-0.1, -0.05) is 60.7 Å². The summed E-state index contributed by atoms with van der Waals surface area (Å²) in [5.74, 6) is -0.119. The van der Waals surface area contributed by atoms with E-state index in [0.717, 1.165) is 18.4 Å². The van der Waals surface area contributed by atoms with E-state index in [4.69, 9.17) is 0 Å². The van der Waals surface area contributed by atoms with E-state index in [2.05, 4.69) is 17.4 Å². The van der Waals surface area contributed by atoms with Crippen molar-refractivity contribution in [2.24, 2.45) is 0 Å². The van der Waals surface area contributed by atoms with Gasteiger partial charge in [0.1, 0.15) is 6.04 Å². The Balaban J connectivity index is 1.54. The molecule has 0 aliphatic carbocycles.